The molecule has 0 radical (unpaired) electrons. The lowest BCUT2D eigenvalue weighted by atomic mass is 10.0. The molecule has 0 amide bonds. The number of aromatic nitrogens is 3. The molecule has 4 rings (SSSR count). The molecular weight excluding hydrogens is 459 g/mol. The SMILES string of the molecule is CS(=O)(=O)c1cccc(-c2cc(-c3cnc(N)cc3C(F)(F)F)nc(N3CCOCC3)n2)c1. The number of nitrogens with zero attached hydrogens (tertiary/aromatic N) is 4. The lowest BCUT2D eigenvalue weighted by Crippen LogP contribution is -2.37. The first kappa shape index (κ1) is 22.9. The van der Waals surface area contributed by atoms with Crippen LogP contribution in [0.25, 0.3) is 22.5 Å². The summed E-state index contributed by atoms with van der Waals surface area (Å²) in [4.78, 5) is 14.6. The van der Waals surface area contributed by atoms with Gasteiger partial charge >= 0.3 is 6.18 Å². The molecule has 8 nitrogen and oxygen atoms in total. The largest absolute Gasteiger partial charge is 0.417 e. The van der Waals surface area contributed by atoms with Crippen LogP contribution in [0.1, 0.15) is 5.56 Å². The highest BCUT2D eigenvalue weighted by Crippen LogP contribution is 2.38. The topological polar surface area (TPSA) is 111 Å². The third kappa shape index (κ3) is 5.06. The van der Waals surface area contributed by atoms with Gasteiger partial charge in [-0.15, -0.1) is 0 Å². The summed E-state index contributed by atoms with van der Waals surface area (Å²) in [5, 5.41) is 0. The molecule has 0 atom stereocenters. The van der Waals surface area contributed by atoms with Gasteiger partial charge in [0.25, 0.3) is 0 Å². The molecule has 33 heavy (non-hydrogen) atoms. The van der Waals surface area contributed by atoms with Gasteiger partial charge in [0.1, 0.15) is 5.82 Å². The number of hydrogen-bond donors (Lipinski definition) is 1. The number of anilines is 2. The van der Waals surface area contributed by atoms with Gasteiger partial charge < -0.3 is 15.4 Å². The fourth-order valence-corrected chi connectivity index (χ4v) is 4.09. The van der Waals surface area contributed by atoms with E-state index in [4.69, 9.17) is 10.5 Å². The average Bonchev–Trinajstić information content (AvgIpc) is 2.78. The summed E-state index contributed by atoms with van der Waals surface area (Å²) in [6.07, 6.45) is -2.58. The summed E-state index contributed by atoms with van der Waals surface area (Å²) in [5.74, 6) is -0.0601. The molecule has 0 spiro atoms. The zero-order chi connectivity index (χ0) is 23.8. The van der Waals surface area contributed by atoms with Gasteiger partial charge in [-0.25, -0.2) is 23.4 Å². The molecule has 2 N–H and O–H groups in total. The maximum Gasteiger partial charge on any atom is 0.417 e. The van der Waals surface area contributed by atoms with Gasteiger partial charge in [-0.1, -0.05) is 12.1 Å². The molecule has 0 bridgehead atoms. The summed E-state index contributed by atoms with van der Waals surface area (Å²) in [6, 6.07) is 8.19. The Bertz CT molecular complexity index is 1290. The summed E-state index contributed by atoms with van der Waals surface area (Å²) < 4.78 is 70.6. The number of nitrogens with two attached hydrogens (primary N) is 1. The minimum absolute atomic E-state index is 0.00826. The van der Waals surface area contributed by atoms with Crippen molar-refractivity contribution in [1.29, 1.82) is 0 Å². The first-order valence-corrected chi connectivity index (χ1v) is 11.8. The van der Waals surface area contributed by atoms with E-state index in [1.54, 1.807) is 17.0 Å². The molecule has 3 heterocycles. The van der Waals surface area contributed by atoms with Crippen molar-refractivity contribution in [2.75, 3.05) is 43.2 Å². The molecule has 1 saturated heterocycles. The Kier molecular flexibility index (Phi) is 5.97. The van der Waals surface area contributed by atoms with Gasteiger partial charge in [0, 0.05) is 36.7 Å². The molecule has 1 aromatic carbocycles. The van der Waals surface area contributed by atoms with Crippen LogP contribution < -0.4 is 10.6 Å². The Morgan fingerprint density at radius 2 is 1.76 bits per heavy atom. The summed E-state index contributed by atoms with van der Waals surface area (Å²) in [5.41, 5.74) is 4.97. The predicted molar refractivity (Wildman–Crippen MR) is 116 cm³/mol. The second-order valence-corrected chi connectivity index (χ2v) is 9.51. The van der Waals surface area contributed by atoms with Crippen LogP contribution in [-0.2, 0) is 20.8 Å². The Hall–Kier alpha value is -3.25. The zero-order valence-corrected chi connectivity index (χ0v) is 18.3. The molecule has 174 valence electrons. The maximum absolute atomic E-state index is 13.8. The standard InChI is InChI=1S/C21H20F3N5O3S/c1-33(30,31)14-4-2-3-13(9-14)17-11-18(28-20(27-17)29-5-7-32-8-6-29)15-12-26-19(25)10-16(15)21(22,23)24/h2-4,9-12H,5-8H2,1H3,(H2,25,26). The van der Waals surface area contributed by atoms with E-state index in [1.807, 2.05) is 0 Å². The highest BCUT2D eigenvalue weighted by molar-refractivity contribution is 7.90. The Morgan fingerprint density at radius 1 is 1.06 bits per heavy atom. The van der Waals surface area contributed by atoms with E-state index >= 15 is 0 Å². The van der Waals surface area contributed by atoms with Gasteiger partial charge in [0.15, 0.2) is 9.84 Å². The van der Waals surface area contributed by atoms with Crippen LogP contribution in [0, 0.1) is 0 Å². The average molecular weight is 479 g/mol. The molecule has 1 fully saturated rings. The minimum atomic E-state index is -4.69. The molecule has 0 saturated carbocycles. The maximum atomic E-state index is 13.8. The molecule has 2 aromatic heterocycles. The summed E-state index contributed by atoms with van der Waals surface area (Å²) in [6.45, 7) is 1.75. The van der Waals surface area contributed by atoms with E-state index in [-0.39, 0.29) is 33.6 Å². The van der Waals surface area contributed by atoms with Gasteiger partial charge in [-0.2, -0.15) is 13.2 Å². The molecule has 1 aliphatic rings. The molecular formula is C21H20F3N5O3S. The van der Waals surface area contributed by atoms with Gasteiger partial charge in [0.05, 0.1) is 35.1 Å². The van der Waals surface area contributed by atoms with Crippen molar-refractivity contribution in [3.8, 4) is 22.5 Å². The van der Waals surface area contributed by atoms with Crippen molar-refractivity contribution in [2.24, 2.45) is 0 Å². The van der Waals surface area contributed by atoms with Gasteiger partial charge in [-0.05, 0) is 24.3 Å². The zero-order valence-electron chi connectivity index (χ0n) is 17.5. The molecule has 1 aliphatic heterocycles. The number of hydrogen-bond acceptors (Lipinski definition) is 8. The second kappa shape index (κ2) is 8.60. The van der Waals surface area contributed by atoms with E-state index < -0.39 is 21.6 Å². The Morgan fingerprint density at radius 3 is 2.42 bits per heavy atom. The number of benzene rings is 1. The third-order valence-corrected chi connectivity index (χ3v) is 6.18. The molecule has 0 aliphatic carbocycles. The highest BCUT2D eigenvalue weighted by Gasteiger charge is 2.35. The van der Waals surface area contributed by atoms with Crippen molar-refractivity contribution < 1.29 is 26.3 Å². The van der Waals surface area contributed by atoms with Crippen LogP contribution in [0.5, 0.6) is 0 Å². The van der Waals surface area contributed by atoms with Crippen LogP contribution in [0.2, 0.25) is 0 Å². The van der Waals surface area contributed by atoms with E-state index in [0.29, 0.717) is 31.9 Å². The Labute approximate surface area is 188 Å². The van der Waals surface area contributed by atoms with Crippen molar-refractivity contribution in [1.82, 2.24) is 15.0 Å². The van der Waals surface area contributed by atoms with Crippen LogP contribution in [0.15, 0.2) is 47.5 Å². The monoisotopic (exact) mass is 479 g/mol. The lowest BCUT2D eigenvalue weighted by Gasteiger charge is -2.27. The van der Waals surface area contributed by atoms with Crippen molar-refractivity contribution in [3.63, 3.8) is 0 Å². The van der Waals surface area contributed by atoms with E-state index in [1.165, 1.54) is 18.2 Å². The number of rotatable bonds is 4. The number of halogens is 3. The molecule has 0 unspecified atom stereocenters. The fourth-order valence-electron chi connectivity index (χ4n) is 3.42. The third-order valence-electron chi connectivity index (χ3n) is 5.07. The lowest BCUT2D eigenvalue weighted by molar-refractivity contribution is -0.137. The van der Waals surface area contributed by atoms with E-state index in [2.05, 4.69) is 15.0 Å². The van der Waals surface area contributed by atoms with Gasteiger partial charge in [-0.3, -0.25) is 0 Å². The van der Waals surface area contributed by atoms with Crippen LogP contribution >= 0.6 is 0 Å². The minimum Gasteiger partial charge on any atom is -0.384 e. The number of ether oxygens (including phenoxy) is 1. The fraction of sp³-hybridized carbons (Fsp3) is 0.286. The first-order chi connectivity index (χ1) is 15.5. The van der Waals surface area contributed by atoms with E-state index in [9.17, 15) is 21.6 Å². The number of nitrogen functional groups attached to an aromatic ring is 1. The normalized spacial score (nSPS) is 15.0. The first-order valence-electron chi connectivity index (χ1n) is 9.88. The van der Waals surface area contributed by atoms with Crippen LogP contribution in [0.3, 0.4) is 0 Å². The summed E-state index contributed by atoms with van der Waals surface area (Å²) >= 11 is 0. The quantitative estimate of drug-likeness (QED) is 0.608. The smallest absolute Gasteiger partial charge is 0.384 e. The summed E-state index contributed by atoms with van der Waals surface area (Å²) in [7, 11) is -3.50. The van der Waals surface area contributed by atoms with Crippen LogP contribution in [-0.4, -0.2) is 55.9 Å². The number of pyridine rings is 1. The number of morpholine rings is 1. The van der Waals surface area contributed by atoms with Gasteiger partial charge in [0.2, 0.25) is 5.95 Å². The number of sulfone groups is 1. The molecule has 3 aromatic rings. The van der Waals surface area contributed by atoms with Crippen molar-refractivity contribution >= 4 is 21.6 Å². The highest BCUT2D eigenvalue weighted by atomic mass is 32.2. The Balaban J connectivity index is 1.93. The van der Waals surface area contributed by atoms with Crippen molar-refractivity contribution in [3.05, 3.63) is 48.2 Å². The molecule has 12 heteroatoms. The van der Waals surface area contributed by atoms with E-state index in [0.717, 1.165) is 18.5 Å². The number of alkyl halides is 3. The predicted octanol–water partition coefficient (Wildman–Crippen LogP) is 3.05. The van der Waals surface area contributed by atoms with Crippen LogP contribution in [0.4, 0.5) is 24.9 Å². The van der Waals surface area contributed by atoms with Crippen molar-refractivity contribution in [2.45, 2.75) is 11.1 Å². The second-order valence-electron chi connectivity index (χ2n) is 7.49.